The van der Waals surface area contributed by atoms with E-state index in [4.69, 9.17) is 0 Å². The molecule has 0 spiro atoms. The largest absolute Gasteiger partial charge is 0.354 e. The van der Waals surface area contributed by atoms with Crippen LogP contribution >= 0.6 is 0 Å². The van der Waals surface area contributed by atoms with Gasteiger partial charge in [-0.1, -0.05) is 0 Å². The summed E-state index contributed by atoms with van der Waals surface area (Å²) >= 11 is 0. The fourth-order valence-corrected chi connectivity index (χ4v) is 5.91. The molecule has 29 heavy (non-hydrogen) atoms. The van der Waals surface area contributed by atoms with Crippen LogP contribution in [0.4, 0.5) is 0 Å². The predicted octanol–water partition coefficient (Wildman–Crippen LogP) is 1.50. The third kappa shape index (κ3) is 4.06. The van der Waals surface area contributed by atoms with Gasteiger partial charge in [0, 0.05) is 57.0 Å². The number of aryl methyl sites for hydroxylation is 1. The van der Waals surface area contributed by atoms with Gasteiger partial charge in [0.15, 0.2) is 0 Å². The van der Waals surface area contributed by atoms with E-state index in [1.165, 1.54) is 6.42 Å². The van der Waals surface area contributed by atoms with Gasteiger partial charge in [0.25, 0.3) is 0 Å². The van der Waals surface area contributed by atoms with Crippen molar-refractivity contribution >= 4 is 11.8 Å². The van der Waals surface area contributed by atoms with Gasteiger partial charge in [-0.3, -0.25) is 9.59 Å². The summed E-state index contributed by atoms with van der Waals surface area (Å²) in [4.78, 5) is 34.0. The number of nitrogens with one attached hydrogen (secondary N) is 1. The van der Waals surface area contributed by atoms with Gasteiger partial charge >= 0.3 is 0 Å². The van der Waals surface area contributed by atoms with Gasteiger partial charge in [0.1, 0.15) is 0 Å². The number of likely N-dealkylation sites (tertiary alicyclic amines) is 1. The van der Waals surface area contributed by atoms with Crippen molar-refractivity contribution in [3.63, 3.8) is 0 Å². The Hall–Kier alpha value is -1.89. The molecule has 1 N–H and O–H groups in total. The van der Waals surface area contributed by atoms with Crippen molar-refractivity contribution in [1.29, 1.82) is 0 Å². The van der Waals surface area contributed by atoms with Crippen LogP contribution in [-0.4, -0.2) is 69.4 Å². The maximum atomic E-state index is 12.8. The average molecular weight is 400 g/mol. The molecule has 1 aliphatic carbocycles. The first-order chi connectivity index (χ1) is 14.2. The molecule has 7 nitrogen and oxygen atoms in total. The molecule has 0 radical (unpaired) electrons. The first-order valence-corrected chi connectivity index (χ1v) is 11.5. The Balaban J connectivity index is 1.25. The van der Waals surface area contributed by atoms with E-state index in [1.54, 1.807) is 0 Å². The van der Waals surface area contributed by atoms with E-state index < -0.39 is 0 Å². The molecule has 1 saturated carbocycles. The Morgan fingerprint density at radius 3 is 2.83 bits per heavy atom. The number of fused-ring (bicyclic) bond motifs is 4. The summed E-state index contributed by atoms with van der Waals surface area (Å²) in [6.45, 7) is 4.88. The topological polar surface area (TPSA) is 70.5 Å². The molecule has 0 unspecified atom stereocenters. The second-order valence-electron chi connectivity index (χ2n) is 9.52. The van der Waals surface area contributed by atoms with Crippen molar-refractivity contribution in [1.82, 2.24) is 24.7 Å². The summed E-state index contributed by atoms with van der Waals surface area (Å²) < 4.78 is 2.14. The second-order valence-corrected chi connectivity index (χ2v) is 9.52. The molecule has 3 aliphatic heterocycles. The lowest BCUT2D eigenvalue weighted by molar-refractivity contribution is -0.153. The predicted molar refractivity (Wildman–Crippen MR) is 109 cm³/mol. The molecular formula is C22H33N5O2. The van der Waals surface area contributed by atoms with Gasteiger partial charge in [0.05, 0.1) is 12.4 Å². The van der Waals surface area contributed by atoms with Gasteiger partial charge in [-0.25, -0.2) is 4.98 Å². The van der Waals surface area contributed by atoms with Crippen molar-refractivity contribution in [3.8, 4) is 0 Å². The average Bonchev–Trinajstić information content (AvgIpc) is 3.45. The maximum absolute atomic E-state index is 12.8. The zero-order valence-corrected chi connectivity index (χ0v) is 17.2. The van der Waals surface area contributed by atoms with E-state index in [-0.39, 0.29) is 17.9 Å². The molecule has 0 aromatic carbocycles. The highest BCUT2D eigenvalue weighted by atomic mass is 16.2. The highest BCUT2D eigenvalue weighted by Crippen LogP contribution is 2.41. The van der Waals surface area contributed by atoms with Crippen LogP contribution in [-0.2, 0) is 16.1 Å². The number of carbonyl (C=O) groups is 2. The minimum absolute atomic E-state index is 0.170. The lowest BCUT2D eigenvalue weighted by Crippen LogP contribution is -2.67. The summed E-state index contributed by atoms with van der Waals surface area (Å²) in [5.74, 6) is 1.79. The van der Waals surface area contributed by atoms with Crippen LogP contribution in [0.2, 0.25) is 0 Å². The van der Waals surface area contributed by atoms with E-state index in [2.05, 4.69) is 24.7 Å². The SMILES string of the molecule is O=C(NC[C@H]1[C@H]2C[C@H](CN(CCCn3ccnc3)C2)[C@@H]2CCCC(=O)N21)C1CC1. The lowest BCUT2D eigenvalue weighted by atomic mass is 9.72. The summed E-state index contributed by atoms with van der Waals surface area (Å²) in [6.07, 6.45) is 12.9. The first-order valence-electron chi connectivity index (χ1n) is 11.5. The van der Waals surface area contributed by atoms with Crippen molar-refractivity contribution in [2.75, 3.05) is 26.2 Å². The minimum atomic E-state index is 0.170. The molecule has 2 bridgehead atoms. The number of imidazole rings is 1. The highest BCUT2D eigenvalue weighted by molar-refractivity contribution is 5.81. The molecule has 1 aromatic heterocycles. The Labute approximate surface area is 172 Å². The Kier molecular flexibility index (Phi) is 5.33. The van der Waals surface area contributed by atoms with Crippen molar-refractivity contribution in [2.45, 2.75) is 63.6 Å². The third-order valence-electron chi connectivity index (χ3n) is 7.46. The fourth-order valence-electron chi connectivity index (χ4n) is 5.91. The molecule has 4 atom stereocenters. The van der Waals surface area contributed by atoms with Gasteiger partial charge in [0.2, 0.25) is 11.8 Å². The van der Waals surface area contributed by atoms with Crippen LogP contribution in [0.3, 0.4) is 0 Å². The Bertz CT molecular complexity index is 732. The lowest BCUT2D eigenvalue weighted by Gasteiger charge is -2.56. The zero-order valence-electron chi connectivity index (χ0n) is 17.2. The number of piperidine rings is 3. The molecule has 5 rings (SSSR count). The molecular weight excluding hydrogens is 366 g/mol. The molecule has 2 amide bonds. The second kappa shape index (κ2) is 8.09. The van der Waals surface area contributed by atoms with Crippen LogP contribution in [0.5, 0.6) is 0 Å². The maximum Gasteiger partial charge on any atom is 0.223 e. The van der Waals surface area contributed by atoms with Crippen LogP contribution < -0.4 is 5.32 Å². The first kappa shape index (κ1) is 19.1. The van der Waals surface area contributed by atoms with Crippen LogP contribution in [0.1, 0.15) is 44.9 Å². The van der Waals surface area contributed by atoms with Crippen LogP contribution in [0.15, 0.2) is 18.7 Å². The van der Waals surface area contributed by atoms with Gasteiger partial charge in [-0.05, 0) is 56.9 Å². The number of hydrogen-bond donors (Lipinski definition) is 1. The van der Waals surface area contributed by atoms with E-state index in [0.717, 1.165) is 58.3 Å². The normalized spacial score (nSPS) is 32.1. The van der Waals surface area contributed by atoms with E-state index >= 15 is 0 Å². The van der Waals surface area contributed by atoms with Crippen LogP contribution in [0.25, 0.3) is 0 Å². The number of amides is 2. The summed E-state index contributed by atoms with van der Waals surface area (Å²) in [7, 11) is 0. The number of hydrogen-bond acceptors (Lipinski definition) is 4. The summed E-state index contributed by atoms with van der Waals surface area (Å²) in [5.41, 5.74) is 0. The quantitative estimate of drug-likeness (QED) is 0.754. The third-order valence-corrected chi connectivity index (χ3v) is 7.46. The Morgan fingerprint density at radius 1 is 1.17 bits per heavy atom. The summed E-state index contributed by atoms with van der Waals surface area (Å²) in [6, 6.07) is 0.537. The fraction of sp³-hybridized carbons (Fsp3) is 0.773. The van der Waals surface area contributed by atoms with E-state index in [0.29, 0.717) is 36.8 Å². The molecule has 7 heteroatoms. The molecule has 158 valence electrons. The van der Waals surface area contributed by atoms with Gasteiger partial charge < -0.3 is 19.7 Å². The standard InChI is InChI=1S/C22H33N5O2/c28-21-4-1-3-19-17-11-18(20(27(19)21)12-24-22(29)16-5-6-16)14-26(13-17)9-2-8-25-10-7-23-15-25/h7,10,15-20H,1-6,8-9,11-14H2,(H,24,29)/t17-,18+,19+,20+/m1/s1. The molecule has 3 saturated heterocycles. The van der Waals surface area contributed by atoms with Crippen LogP contribution in [0, 0.1) is 17.8 Å². The molecule has 1 aromatic rings. The van der Waals surface area contributed by atoms with Crippen molar-refractivity contribution in [3.05, 3.63) is 18.7 Å². The van der Waals surface area contributed by atoms with Gasteiger partial charge in [-0.2, -0.15) is 0 Å². The number of aromatic nitrogens is 2. The minimum Gasteiger partial charge on any atom is -0.354 e. The smallest absolute Gasteiger partial charge is 0.223 e. The molecule has 4 aliphatic rings. The Morgan fingerprint density at radius 2 is 2.03 bits per heavy atom. The summed E-state index contributed by atoms with van der Waals surface area (Å²) in [5, 5.41) is 3.19. The van der Waals surface area contributed by atoms with E-state index in [9.17, 15) is 9.59 Å². The molecule has 4 heterocycles. The monoisotopic (exact) mass is 399 g/mol. The number of carbonyl (C=O) groups excluding carboxylic acids is 2. The van der Waals surface area contributed by atoms with E-state index in [1.807, 2.05) is 18.7 Å². The number of rotatable bonds is 7. The zero-order chi connectivity index (χ0) is 19.8. The molecule has 4 fully saturated rings. The highest BCUT2D eigenvalue weighted by Gasteiger charge is 2.49. The van der Waals surface area contributed by atoms with Crippen molar-refractivity contribution < 1.29 is 9.59 Å². The number of nitrogens with zero attached hydrogens (tertiary/aromatic N) is 4. The van der Waals surface area contributed by atoms with Gasteiger partial charge in [-0.15, -0.1) is 0 Å². The van der Waals surface area contributed by atoms with Crippen molar-refractivity contribution in [2.24, 2.45) is 17.8 Å².